The van der Waals surface area contributed by atoms with Crippen molar-refractivity contribution in [3.63, 3.8) is 0 Å². The number of nitrogens with zero attached hydrogens (tertiary/aromatic N) is 2. The molecule has 2 aromatic heterocycles. The number of hydrogen-bond acceptors (Lipinski definition) is 0. The Morgan fingerprint density at radius 1 is 0.246 bits per heavy atom. The van der Waals surface area contributed by atoms with E-state index in [-0.39, 0.29) is 0 Å². The van der Waals surface area contributed by atoms with Gasteiger partial charge in [-0.2, -0.15) is 0 Å². The largest absolute Gasteiger partial charge is 0.309 e. The molecule has 0 N–H and O–H groups in total. The van der Waals surface area contributed by atoms with E-state index in [1.807, 2.05) is 0 Å². The van der Waals surface area contributed by atoms with Crippen LogP contribution in [-0.4, -0.2) is 9.13 Å². The first-order valence-electron chi connectivity index (χ1n) is 19.4. The molecular formula is C54H35BrN2. The van der Waals surface area contributed by atoms with E-state index in [9.17, 15) is 0 Å². The summed E-state index contributed by atoms with van der Waals surface area (Å²) in [6, 6.07) is 77.1. The summed E-state index contributed by atoms with van der Waals surface area (Å²) in [5.74, 6) is 0. The third-order valence-corrected chi connectivity index (χ3v) is 11.8. The molecule has 268 valence electrons. The van der Waals surface area contributed by atoms with E-state index < -0.39 is 0 Å². The maximum atomic E-state index is 3.98. The molecule has 0 saturated heterocycles. The van der Waals surface area contributed by atoms with Crippen molar-refractivity contribution in [3.05, 3.63) is 217 Å². The fourth-order valence-electron chi connectivity index (χ4n) is 8.66. The van der Waals surface area contributed by atoms with Gasteiger partial charge in [-0.1, -0.05) is 162 Å². The van der Waals surface area contributed by atoms with Crippen LogP contribution in [0.1, 0.15) is 0 Å². The molecule has 0 spiro atoms. The molecule has 0 amide bonds. The van der Waals surface area contributed by atoms with Gasteiger partial charge in [0.25, 0.3) is 0 Å². The number of aromatic nitrogens is 2. The Balaban J connectivity index is 1.15. The van der Waals surface area contributed by atoms with Crippen LogP contribution in [0.3, 0.4) is 0 Å². The van der Waals surface area contributed by atoms with E-state index in [4.69, 9.17) is 0 Å². The van der Waals surface area contributed by atoms with E-state index in [0.717, 1.165) is 15.8 Å². The van der Waals surface area contributed by atoms with Crippen molar-refractivity contribution in [3.8, 4) is 55.9 Å². The molecular weight excluding hydrogens is 757 g/mol. The zero-order valence-electron chi connectivity index (χ0n) is 31.0. The van der Waals surface area contributed by atoms with Gasteiger partial charge in [0.2, 0.25) is 0 Å². The van der Waals surface area contributed by atoms with Crippen LogP contribution in [0.25, 0.3) is 99.5 Å². The van der Waals surface area contributed by atoms with Crippen molar-refractivity contribution in [1.29, 1.82) is 0 Å². The first kappa shape index (κ1) is 33.4. The zero-order chi connectivity index (χ0) is 37.9. The van der Waals surface area contributed by atoms with Crippen molar-refractivity contribution in [1.82, 2.24) is 9.13 Å². The molecule has 0 aliphatic rings. The Hall–Kier alpha value is -6.94. The van der Waals surface area contributed by atoms with Crippen LogP contribution in [0.15, 0.2) is 217 Å². The molecule has 9 aromatic carbocycles. The zero-order valence-corrected chi connectivity index (χ0v) is 32.6. The fourth-order valence-corrected chi connectivity index (χ4v) is 9.13. The highest BCUT2D eigenvalue weighted by Gasteiger charge is 2.19. The molecule has 0 bridgehead atoms. The summed E-state index contributed by atoms with van der Waals surface area (Å²) in [5.41, 5.74) is 16.5. The predicted octanol–water partition coefficient (Wildman–Crippen LogP) is 15.3. The second-order valence-corrected chi connectivity index (χ2v) is 15.6. The molecule has 3 heteroatoms. The van der Waals surface area contributed by atoms with Gasteiger partial charge in [-0.25, -0.2) is 0 Å². The summed E-state index contributed by atoms with van der Waals surface area (Å²) < 4.78 is 5.87. The summed E-state index contributed by atoms with van der Waals surface area (Å²) in [5, 5.41) is 4.91. The molecule has 0 saturated carbocycles. The van der Waals surface area contributed by atoms with Gasteiger partial charge in [0.05, 0.1) is 22.1 Å². The van der Waals surface area contributed by atoms with Crippen LogP contribution in [0.5, 0.6) is 0 Å². The molecule has 11 aromatic rings. The third kappa shape index (κ3) is 5.78. The molecule has 57 heavy (non-hydrogen) atoms. The van der Waals surface area contributed by atoms with Crippen LogP contribution >= 0.6 is 15.9 Å². The maximum Gasteiger partial charge on any atom is 0.0541 e. The van der Waals surface area contributed by atoms with Crippen LogP contribution < -0.4 is 0 Å². The quantitative estimate of drug-likeness (QED) is 0.159. The lowest BCUT2D eigenvalue weighted by Gasteiger charge is -2.14. The summed E-state index contributed by atoms with van der Waals surface area (Å²) >= 11 is 3.98. The standard InChI is InChI=1S/C54H35BrN2/c55-44-33-45(56-51-25-21-40(36-13-5-1-6-14-36)29-47(51)48-30-41(22-26-52(48)56)37-15-7-2-8-16-37)35-46(34-44)57-53-27-23-42(38-17-9-3-10-18-38)31-49(53)50-32-43(24-28-54(50)57)39-19-11-4-12-20-39/h1-35H. The number of hydrogen-bond donors (Lipinski definition) is 0. The SMILES string of the molecule is Brc1cc(-n2c3ccc(-c4ccccc4)cc3c3cc(-c4ccccc4)ccc32)cc(-n2c3ccc(-c4ccccc4)cc3c3cc(-c4ccccc4)ccc32)c1. The van der Waals surface area contributed by atoms with Crippen molar-refractivity contribution >= 4 is 59.5 Å². The van der Waals surface area contributed by atoms with Gasteiger partial charge in [-0.05, 0) is 111 Å². The molecule has 0 atom stereocenters. The molecule has 2 heterocycles. The molecule has 0 radical (unpaired) electrons. The molecule has 0 aliphatic heterocycles. The predicted molar refractivity (Wildman–Crippen MR) is 245 cm³/mol. The highest BCUT2D eigenvalue weighted by molar-refractivity contribution is 9.10. The highest BCUT2D eigenvalue weighted by Crippen LogP contribution is 2.41. The normalized spacial score (nSPS) is 11.6. The van der Waals surface area contributed by atoms with Gasteiger partial charge < -0.3 is 9.13 Å². The van der Waals surface area contributed by atoms with E-state index >= 15 is 0 Å². The van der Waals surface area contributed by atoms with E-state index in [0.29, 0.717) is 0 Å². The Morgan fingerprint density at radius 2 is 0.509 bits per heavy atom. The lowest BCUT2D eigenvalue weighted by atomic mass is 10.0. The number of halogens is 1. The van der Waals surface area contributed by atoms with E-state index in [1.165, 1.54) is 88.1 Å². The average Bonchev–Trinajstić information content (AvgIpc) is 3.78. The summed E-state index contributed by atoms with van der Waals surface area (Å²) in [6.07, 6.45) is 0. The van der Waals surface area contributed by atoms with E-state index in [1.54, 1.807) is 0 Å². The fraction of sp³-hybridized carbons (Fsp3) is 0. The second kappa shape index (κ2) is 13.7. The Morgan fingerprint density at radius 3 is 0.772 bits per heavy atom. The van der Waals surface area contributed by atoms with Crippen molar-refractivity contribution < 1.29 is 0 Å². The lowest BCUT2D eigenvalue weighted by Crippen LogP contribution is -1.99. The van der Waals surface area contributed by atoms with Crippen molar-refractivity contribution in [2.75, 3.05) is 0 Å². The maximum absolute atomic E-state index is 3.98. The Bertz CT molecular complexity index is 2860. The van der Waals surface area contributed by atoms with Gasteiger partial charge in [0, 0.05) is 37.4 Å². The minimum absolute atomic E-state index is 1.02. The topological polar surface area (TPSA) is 9.86 Å². The molecule has 2 nitrogen and oxygen atoms in total. The first-order chi connectivity index (χ1) is 28.2. The monoisotopic (exact) mass is 790 g/mol. The third-order valence-electron chi connectivity index (χ3n) is 11.3. The minimum Gasteiger partial charge on any atom is -0.309 e. The van der Waals surface area contributed by atoms with Crippen molar-refractivity contribution in [2.45, 2.75) is 0 Å². The molecule has 0 fully saturated rings. The minimum atomic E-state index is 1.02. The molecule has 11 rings (SSSR count). The number of rotatable bonds is 6. The first-order valence-corrected chi connectivity index (χ1v) is 20.2. The van der Waals surface area contributed by atoms with Gasteiger partial charge in [0.15, 0.2) is 0 Å². The summed E-state index contributed by atoms with van der Waals surface area (Å²) in [4.78, 5) is 0. The van der Waals surface area contributed by atoms with Gasteiger partial charge >= 0.3 is 0 Å². The number of benzene rings is 9. The Labute approximate surface area is 339 Å². The second-order valence-electron chi connectivity index (χ2n) is 14.7. The summed E-state index contributed by atoms with van der Waals surface area (Å²) in [6.45, 7) is 0. The summed E-state index contributed by atoms with van der Waals surface area (Å²) in [7, 11) is 0. The van der Waals surface area contributed by atoms with Crippen LogP contribution in [0.2, 0.25) is 0 Å². The van der Waals surface area contributed by atoms with Crippen LogP contribution in [-0.2, 0) is 0 Å². The van der Waals surface area contributed by atoms with Crippen LogP contribution in [0.4, 0.5) is 0 Å². The van der Waals surface area contributed by atoms with Crippen LogP contribution in [0, 0.1) is 0 Å². The smallest absolute Gasteiger partial charge is 0.0541 e. The van der Waals surface area contributed by atoms with Crippen molar-refractivity contribution in [2.24, 2.45) is 0 Å². The lowest BCUT2D eigenvalue weighted by molar-refractivity contribution is 1.13. The molecule has 0 unspecified atom stereocenters. The average molecular weight is 792 g/mol. The van der Waals surface area contributed by atoms with Gasteiger partial charge in [-0.3, -0.25) is 0 Å². The van der Waals surface area contributed by atoms with E-state index in [2.05, 4.69) is 237 Å². The number of fused-ring (bicyclic) bond motifs is 6. The Kier molecular flexibility index (Phi) is 8.01. The highest BCUT2D eigenvalue weighted by atomic mass is 79.9. The van der Waals surface area contributed by atoms with Gasteiger partial charge in [-0.15, -0.1) is 0 Å². The van der Waals surface area contributed by atoms with Gasteiger partial charge in [0.1, 0.15) is 0 Å². The molecule has 0 aliphatic carbocycles.